The number of anilines is 1. The lowest BCUT2D eigenvalue weighted by Crippen LogP contribution is -2.51. The van der Waals surface area contributed by atoms with Crippen LogP contribution in [0.2, 0.25) is 5.02 Å². The van der Waals surface area contributed by atoms with Gasteiger partial charge in [0, 0.05) is 44.3 Å². The Morgan fingerprint density at radius 3 is 2.64 bits per heavy atom. The minimum Gasteiger partial charge on any atom is -0.353 e. The molecule has 9 heteroatoms. The Hall–Kier alpha value is -2.32. The van der Waals surface area contributed by atoms with Gasteiger partial charge in [-0.1, -0.05) is 38.4 Å². The van der Waals surface area contributed by atoms with Crippen LogP contribution in [0.5, 0.6) is 0 Å². The molecule has 1 aliphatic heterocycles. The smallest absolute Gasteiger partial charge is 0.231 e. The second-order valence-corrected chi connectivity index (χ2v) is 9.61. The van der Waals surface area contributed by atoms with Gasteiger partial charge in [-0.3, -0.25) is 4.79 Å². The van der Waals surface area contributed by atoms with Crippen LogP contribution in [0.3, 0.4) is 0 Å². The summed E-state index contributed by atoms with van der Waals surface area (Å²) in [7, 11) is 0. The van der Waals surface area contributed by atoms with E-state index in [0.29, 0.717) is 50.4 Å². The quantitative estimate of drug-likeness (QED) is 0.675. The van der Waals surface area contributed by atoms with E-state index in [-0.39, 0.29) is 22.9 Å². The van der Waals surface area contributed by atoms with E-state index in [4.69, 9.17) is 11.6 Å². The molecule has 0 unspecified atom stereocenters. The van der Waals surface area contributed by atoms with Crippen LogP contribution >= 0.6 is 11.6 Å². The number of amides is 1. The predicted octanol–water partition coefficient (Wildman–Crippen LogP) is 4.22. The molecule has 1 fully saturated rings. The fourth-order valence-corrected chi connectivity index (χ4v) is 4.82. The van der Waals surface area contributed by atoms with Crippen molar-refractivity contribution in [2.24, 2.45) is 0 Å². The van der Waals surface area contributed by atoms with Gasteiger partial charge >= 0.3 is 0 Å². The van der Waals surface area contributed by atoms with Crippen molar-refractivity contribution < 1.29 is 13.6 Å². The van der Waals surface area contributed by atoms with E-state index in [0.717, 1.165) is 11.4 Å². The number of aromatic nitrogens is 2. The molecule has 1 saturated heterocycles. The molecule has 178 valence electrons. The molecular formula is C24H30ClF2N5O. The molecule has 1 aromatic carbocycles. The van der Waals surface area contributed by atoms with Gasteiger partial charge < -0.3 is 15.1 Å². The van der Waals surface area contributed by atoms with Gasteiger partial charge in [0.2, 0.25) is 5.91 Å². The lowest BCUT2D eigenvalue weighted by molar-refractivity contribution is -0.133. The number of hydrogen-bond acceptors (Lipinski definition) is 5. The van der Waals surface area contributed by atoms with Crippen molar-refractivity contribution in [1.82, 2.24) is 20.2 Å². The number of nitrogens with zero attached hydrogens (tertiary/aromatic N) is 4. The first-order chi connectivity index (χ1) is 15.8. The average Bonchev–Trinajstić information content (AvgIpc) is 3.09. The molecule has 1 N–H and O–H groups in total. The lowest BCUT2D eigenvalue weighted by Gasteiger charge is -2.38. The van der Waals surface area contributed by atoms with Gasteiger partial charge in [0.1, 0.15) is 24.1 Å². The number of alkyl halides is 1. The van der Waals surface area contributed by atoms with Crippen molar-refractivity contribution in [2.45, 2.75) is 51.2 Å². The van der Waals surface area contributed by atoms with Gasteiger partial charge in [-0.2, -0.15) is 0 Å². The molecule has 6 nitrogen and oxygen atoms in total. The summed E-state index contributed by atoms with van der Waals surface area (Å²) in [6.45, 7) is 8.64. The molecule has 3 atom stereocenters. The normalized spacial score (nSPS) is 21.4. The van der Waals surface area contributed by atoms with E-state index >= 15 is 0 Å². The summed E-state index contributed by atoms with van der Waals surface area (Å²) in [5, 5.41) is 3.34. The van der Waals surface area contributed by atoms with E-state index in [2.05, 4.69) is 20.2 Å². The fourth-order valence-electron chi connectivity index (χ4n) is 4.70. The zero-order chi connectivity index (χ0) is 23.7. The molecule has 0 spiro atoms. The topological polar surface area (TPSA) is 61.4 Å². The van der Waals surface area contributed by atoms with Crippen molar-refractivity contribution in [2.75, 3.05) is 37.6 Å². The maximum absolute atomic E-state index is 14.3. The fraction of sp³-hybridized carbons (Fsp3) is 0.542. The summed E-state index contributed by atoms with van der Waals surface area (Å²) >= 11 is 5.85. The van der Waals surface area contributed by atoms with Crippen LogP contribution in [0.15, 0.2) is 24.5 Å². The molecule has 1 aliphatic carbocycles. The third-order valence-electron chi connectivity index (χ3n) is 6.51. The molecule has 0 radical (unpaired) electrons. The molecule has 33 heavy (non-hydrogen) atoms. The van der Waals surface area contributed by atoms with E-state index in [1.54, 1.807) is 6.07 Å². The number of fused-ring (bicyclic) bond motifs is 1. The number of carbonyl (C=O) groups is 1. The highest BCUT2D eigenvalue weighted by molar-refractivity contribution is 6.30. The average molecular weight is 478 g/mol. The molecule has 2 aromatic rings. The standard InChI is InChI=1S/C24H30ClF2N5O/c1-14(2)28-12-17(16-4-5-18(25)19(26)11-16)24(33)32-8-6-31(7-9-32)23-21-15(3)10-20(27)22(21)29-13-30-23/h4-5,11,13-15,17,20,28H,6-10,12H2,1-3H3/t15-,17-,20-/m1/s1. The number of halogens is 3. The molecule has 1 aromatic heterocycles. The number of nitrogens with one attached hydrogen (secondary N) is 1. The van der Waals surface area contributed by atoms with E-state index < -0.39 is 17.9 Å². The van der Waals surface area contributed by atoms with Crippen LogP contribution in [-0.2, 0) is 4.79 Å². The van der Waals surface area contributed by atoms with E-state index in [1.165, 1.54) is 18.5 Å². The Labute approximate surface area is 198 Å². The van der Waals surface area contributed by atoms with Crippen LogP contribution in [-0.4, -0.2) is 59.5 Å². The van der Waals surface area contributed by atoms with Crippen molar-refractivity contribution in [3.63, 3.8) is 0 Å². The molecule has 1 amide bonds. The molecule has 0 saturated carbocycles. The Morgan fingerprint density at radius 2 is 1.97 bits per heavy atom. The van der Waals surface area contributed by atoms with Gasteiger partial charge in [-0.25, -0.2) is 18.7 Å². The largest absolute Gasteiger partial charge is 0.353 e. The zero-order valence-electron chi connectivity index (χ0n) is 19.2. The summed E-state index contributed by atoms with van der Waals surface area (Å²) in [6.07, 6.45) is 0.814. The number of piperazine rings is 1. The molecule has 0 bridgehead atoms. The summed E-state index contributed by atoms with van der Waals surface area (Å²) in [5.41, 5.74) is 1.99. The summed E-state index contributed by atoms with van der Waals surface area (Å²) in [4.78, 5) is 26.0. The predicted molar refractivity (Wildman–Crippen MR) is 125 cm³/mol. The van der Waals surface area contributed by atoms with Gasteiger partial charge in [-0.15, -0.1) is 0 Å². The first kappa shape index (κ1) is 23.8. The zero-order valence-corrected chi connectivity index (χ0v) is 19.9. The minimum absolute atomic E-state index is 0.0394. The van der Waals surface area contributed by atoms with Crippen molar-refractivity contribution in [3.8, 4) is 0 Å². The Balaban J connectivity index is 1.49. The van der Waals surface area contributed by atoms with Crippen LogP contribution in [0.4, 0.5) is 14.6 Å². The van der Waals surface area contributed by atoms with Gasteiger partial charge in [0.05, 0.1) is 16.6 Å². The monoisotopic (exact) mass is 477 g/mol. The summed E-state index contributed by atoms with van der Waals surface area (Å²) in [6, 6.07) is 4.75. The lowest BCUT2D eigenvalue weighted by atomic mass is 9.96. The Kier molecular flexibility index (Phi) is 7.14. The second-order valence-electron chi connectivity index (χ2n) is 9.20. The Bertz CT molecular complexity index is 1010. The van der Waals surface area contributed by atoms with Crippen molar-refractivity contribution in [1.29, 1.82) is 0 Å². The third kappa shape index (κ3) is 4.96. The highest BCUT2D eigenvalue weighted by Crippen LogP contribution is 2.44. The molecule has 2 aliphatic rings. The minimum atomic E-state index is -1.05. The molecule has 2 heterocycles. The number of hydrogen-bond donors (Lipinski definition) is 1. The SMILES string of the molecule is CC(C)NC[C@@H](C(=O)N1CCN(c2ncnc3c2[C@H](C)C[C@H]3F)CC1)c1ccc(Cl)c(F)c1. The first-order valence-electron chi connectivity index (χ1n) is 11.5. The maximum Gasteiger partial charge on any atom is 0.231 e. The van der Waals surface area contributed by atoms with Crippen LogP contribution < -0.4 is 10.2 Å². The first-order valence-corrected chi connectivity index (χ1v) is 11.8. The number of rotatable bonds is 6. The highest BCUT2D eigenvalue weighted by Gasteiger charge is 2.35. The summed E-state index contributed by atoms with van der Waals surface area (Å²) < 4.78 is 28.4. The van der Waals surface area contributed by atoms with Crippen molar-refractivity contribution >= 4 is 23.3 Å². The highest BCUT2D eigenvalue weighted by atomic mass is 35.5. The Morgan fingerprint density at radius 1 is 1.24 bits per heavy atom. The van der Waals surface area contributed by atoms with Gasteiger partial charge in [0.15, 0.2) is 0 Å². The molecular weight excluding hydrogens is 448 g/mol. The van der Waals surface area contributed by atoms with E-state index in [9.17, 15) is 13.6 Å². The van der Waals surface area contributed by atoms with Gasteiger partial charge in [-0.05, 0) is 30.0 Å². The number of carbonyl (C=O) groups excluding carboxylic acids is 1. The van der Waals surface area contributed by atoms with Crippen LogP contribution in [0.25, 0.3) is 0 Å². The number of benzene rings is 1. The van der Waals surface area contributed by atoms with Gasteiger partial charge in [0.25, 0.3) is 0 Å². The van der Waals surface area contributed by atoms with E-state index in [1.807, 2.05) is 25.7 Å². The van der Waals surface area contributed by atoms with Crippen LogP contribution in [0, 0.1) is 5.82 Å². The maximum atomic E-state index is 14.3. The van der Waals surface area contributed by atoms with Crippen LogP contribution in [0.1, 0.15) is 62.0 Å². The second kappa shape index (κ2) is 9.89. The summed E-state index contributed by atoms with van der Waals surface area (Å²) in [5.74, 6) is -0.245. The molecule has 4 rings (SSSR count). The van der Waals surface area contributed by atoms with Crippen molar-refractivity contribution in [3.05, 3.63) is 52.2 Å². The third-order valence-corrected chi connectivity index (χ3v) is 6.82.